The molecule has 25 heavy (non-hydrogen) atoms. The van der Waals surface area contributed by atoms with Crippen LogP contribution in [-0.4, -0.2) is 25.5 Å². The van der Waals surface area contributed by atoms with Crippen LogP contribution in [0.25, 0.3) is 0 Å². The standard InChI is InChI=1S/C20H30N2O3/c1-3-4-7-14-21-19(23)15-10-12-16(13-11-15)20(24)22-17-8-5-6-9-18(17)25-2/h5-6,8-9,15-16H,3-4,7,10-14H2,1-2H3,(H,21,23)(H,22,24). The number of benzene rings is 1. The Kier molecular flexibility index (Phi) is 7.76. The summed E-state index contributed by atoms with van der Waals surface area (Å²) < 4.78 is 5.27. The van der Waals surface area contributed by atoms with Crippen LogP contribution in [-0.2, 0) is 9.59 Å². The molecule has 0 aromatic heterocycles. The second-order valence-electron chi connectivity index (χ2n) is 6.74. The zero-order valence-electron chi connectivity index (χ0n) is 15.3. The molecule has 1 saturated carbocycles. The van der Waals surface area contributed by atoms with Gasteiger partial charge >= 0.3 is 0 Å². The lowest BCUT2D eigenvalue weighted by molar-refractivity contribution is -0.128. The van der Waals surface area contributed by atoms with Gasteiger partial charge in [-0.2, -0.15) is 0 Å². The van der Waals surface area contributed by atoms with Gasteiger partial charge in [-0.15, -0.1) is 0 Å². The van der Waals surface area contributed by atoms with E-state index < -0.39 is 0 Å². The van der Waals surface area contributed by atoms with Crippen molar-refractivity contribution in [2.24, 2.45) is 11.8 Å². The molecule has 1 fully saturated rings. The van der Waals surface area contributed by atoms with Gasteiger partial charge in [-0.05, 0) is 44.2 Å². The van der Waals surface area contributed by atoms with Crippen molar-refractivity contribution < 1.29 is 14.3 Å². The SMILES string of the molecule is CCCCCNC(=O)C1CCC(C(=O)Nc2ccccc2OC)CC1. The third kappa shape index (κ3) is 5.76. The third-order valence-electron chi connectivity index (χ3n) is 4.91. The van der Waals surface area contributed by atoms with Gasteiger partial charge in [-0.3, -0.25) is 9.59 Å². The minimum absolute atomic E-state index is 0.0197. The Morgan fingerprint density at radius 2 is 1.68 bits per heavy atom. The van der Waals surface area contributed by atoms with Crippen molar-refractivity contribution in [1.82, 2.24) is 5.32 Å². The molecule has 5 nitrogen and oxygen atoms in total. The monoisotopic (exact) mass is 346 g/mol. The predicted molar refractivity (Wildman–Crippen MR) is 99.6 cm³/mol. The number of hydrogen-bond acceptors (Lipinski definition) is 3. The molecule has 2 N–H and O–H groups in total. The molecular formula is C20H30N2O3. The van der Waals surface area contributed by atoms with E-state index in [4.69, 9.17) is 4.74 Å². The Labute approximate surface area is 150 Å². The van der Waals surface area contributed by atoms with Gasteiger partial charge in [0, 0.05) is 18.4 Å². The quantitative estimate of drug-likeness (QED) is 0.705. The predicted octanol–water partition coefficient (Wildman–Crippen LogP) is 3.75. The maximum absolute atomic E-state index is 12.5. The van der Waals surface area contributed by atoms with E-state index in [1.165, 1.54) is 0 Å². The summed E-state index contributed by atoms with van der Waals surface area (Å²) in [6.07, 6.45) is 6.42. The summed E-state index contributed by atoms with van der Waals surface area (Å²) >= 11 is 0. The van der Waals surface area contributed by atoms with Gasteiger partial charge in [-0.1, -0.05) is 31.9 Å². The zero-order valence-corrected chi connectivity index (χ0v) is 15.3. The number of unbranched alkanes of at least 4 members (excludes halogenated alkanes) is 2. The summed E-state index contributed by atoms with van der Waals surface area (Å²) in [5.74, 6) is 0.855. The highest BCUT2D eigenvalue weighted by molar-refractivity contribution is 5.94. The van der Waals surface area contributed by atoms with Crippen LogP contribution >= 0.6 is 0 Å². The molecule has 1 aromatic rings. The summed E-state index contributed by atoms with van der Waals surface area (Å²) in [5.41, 5.74) is 0.700. The molecule has 0 unspecified atom stereocenters. The molecule has 0 saturated heterocycles. The Morgan fingerprint density at radius 1 is 1.04 bits per heavy atom. The van der Waals surface area contributed by atoms with Crippen LogP contribution in [0, 0.1) is 11.8 Å². The van der Waals surface area contributed by atoms with E-state index in [2.05, 4.69) is 17.6 Å². The first-order valence-electron chi connectivity index (χ1n) is 9.37. The van der Waals surface area contributed by atoms with Crippen LogP contribution in [0.1, 0.15) is 51.9 Å². The molecule has 0 spiro atoms. The number of carbonyl (C=O) groups is 2. The summed E-state index contributed by atoms with van der Waals surface area (Å²) in [6.45, 7) is 2.92. The average Bonchev–Trinajstić information content (AvgIpc) is 2.65. The number of rotatable bonds is 8. The van der Waals surface area contributed by atoms with Crippen molar-refractivity contribution in [3.8, 4) is 5.75 Å². The maximum Gasteiger partial charge on any atom is 0.227 e. The Balaban J connectivity index is 1.77. The van der Waals surface area contributed by atoms with Crippen LogP contribution in [0.15, 0.2) is 24.3 Å². The van der Waals surface area contributed by atoms with Crippen LogP contribution in [0.2, 0.25) is 0 Å². The molecule has 2 amide bonds. The first kappa shape index (κ1) is 19.3. The molecule has 1 aliphatic rings. The Morgan fingerprint density at radius 3 is 2.32 bits per heavy atom. The molecule has 0 heterocycles. The summed E-state index contributed by atoms with van der Waals surface area (Å²) in [7, 11) is 1.59. The van der Waals surface area contributed by atoms with E-state index in [0.29, 0.717) is 11.4 Å². The fourth-order valence-corrected chi connectivity index (χ4v) is 3.33. The van der Waals surface area contributed by atoms with Crippen LogP contribution in [0.3, 0.4) is 0 Å². The molecule has 0 bridgehead atoms. The molecule has 5 heteroatoms. The molecule has 1 aromatic carbocycles. The third-order valence-corrected chi connectivity index (χ3v) is 4.91. The van der Waals surface area contributed by atoms with Gasteiger partial charge in [0.25, 0.3) is 0 Å². The lowest BCUT2D eigenvalue weighted by Gasteiger charge is -2.27. The smallest absolute Gasteiger partial charge is 0.227 e. The van der Waals surface area contributed by atoms with Gasteiger partial charge in [0.1, 0.15) is 5.75 Å². The lowest BCUT2D eigenvalue weighted by Crippen LogP contribution is -2.36. The average molecular weight is 346 g/mol. The highest BCUT2D eigenvalue weighted by atomic mass is 16.5. The summed E-state index contributed by atoms with van der Waals surface area (Å²) in [6, 6.07) is 7.41. The van der Waals surface area contributed by atoms with E-state index in [1.54, 1.807) is 7.11 Å². The van der Waals surface area contributed by atoms with Crippen molar-refractivity contribution in [2.45, 2.75) is 51.9 Å². The van der Waals surface area contributed by atoms with Crippen LogP contribution in [0.5, 0.6) is 5.75 Å². The summed E-state index contributed by atoms with van der Waals surface area (Å²) in [5, 5.41) is 5.99. The lowest BCUT2D eigenvalue weighted by atomic mass is 9.81. The molecule has 138 valence electrons. The van der Waals surface area contributed by atoms with E-state index in [9.17, 15) is 9.59 Å². The minimum Gasteiger partial charge on any atom is -0.495 e. The maximum atomic E-state index is 12.5. The molecule has 0 radical (unpaired) electrons. The second kappa shape index (κ2) is 10.1. The first-order valence-corrected chi connectivity index (χ1v) is 9.37. The fraction of sp³-hybridized carbons (Fsp3) is 0.600. The number of ether oxygens (including phenoxy) is 1. The Bertz CT molecular complexity index is 566. The van der Waals surface area contributed by atoms with Crippen molar-refractivity contribution >= 4 is 17.5 Å². The van der Waals surface area contributed by atoms with Crippen molar-refractivity contribution in [2.75, 3.05) is 19.0 Å². The van der Waals surface area contributed by atoms with Gasteiger partial charge in [0.05, 0.1) is 12.8 Å². The molecular weight excluding hydrogens is 316 g/mol. The fourth-order valence-electron chi connectivity index (χ4n) is 3.33. The molecule has 2 rings (SSSR count). The van der Waals surface area contributed by atoms with Gasteiger partial charge in [0.2, 0.25) is 11.8 Å². The first-order chi connectivity index (χ1) is 12.2. The normalized spacial score (nSPS) is 19.9. The van der Waals surface area contributed by atoms with Crippen LogP contribution < -0.4 is 15.4 Å². The van der Waals surface area contributed by atoms with Crippen molar-refractivity contribution in [3.63, 3.8) is 0 Å². The van der Waals surface area contributed by atoms with Gasteiger partial charge < -0.3 is 15.4 Å². The largest absolute Gasteiger partial charge is 0.495 e. The number of amides is 2. The highest BCUT2D eigenvalue weighted by Gasteiger charge is 2.30. The van der Waals surface area contributed by atoms with Gasteiger partial charge in [-0.25, -0.2) is 0 Å². The Hall–Kier alpha value is -2.04. The van der Waals surface area contributed by atoms with E-state index in [1.807, 2.05) is 24.3 Å². The molecule has 1 aliphatic carbocycles. The van der Waals surface area contributed by atoms with E-state index in [-0.39, 0.29) is 23.7 Å². The molecule has 0 atom stereocenters. The number of nitrogens with one attached hydrogen (secondary N) is 2. The van der Waals surface area contributed by atoms with Gasteiger partial charge in [0.15, 0.2) is 0 Å². The van der Waals surface area contributed by atoms with Crippen molar-refractivity contribution in [1.29, 1.82) is 0 Å². The number of methoxy groups -OCH3 is 1. The topological polar surface area (TPSA) is 67.4 Å². The number of anilines is 1. The zero-order chi connectivity index (χ0) is 18.1. The molecule has 0 aliphatic heterocycles. The van der Waals surface area contributed by atoms with E-state index in [0.717, 1.165) is 51.5 Å². The van der Waals surface area contributed by atoms with Crippen molar-refractivity contribution in [3.05, 3.63) is 24.3 Å². The summed E-state index contributed by atoms with van der Waals surface area (Å²) in [4.78, 5) is 24.7. The minimum atomic E-state index is -0.0333. The highest BCUT2D eigenvalue weighted by Crippen LogP contribution is 2.31. The number of carbonyl (C=O) groups excluding carboxylic acids is 2. The number of para-hydroxylation sites is 2. The van der Waals surface area contributed by atoms with Crippen LogP contribution in [0.4, 0.5) is 5.69 Å². The number of hydrogen-bond donors (Lipinski definition) is 2. The van der Waals surface area contributed by atoms with E-state index >= 15 is 0 Å². The second-order valence-corrected chi connectivity index (χ2v) is 6.74.